The Morgan fingerprint density at radius 2 is 1.75 bits per heavy atom. The van der Waals surface area contributed by atoms with Gasteiger partial charge in [-0.05, 0) is 12.1 Å². The van der Waals surface area contributed by atoms with Crippen molar-refractivity contribution in [1.82, 2.24) is 19.7 Å². The standard InChI is InChI=1S/C12H12N4O7S/c17-9(7-4-2-1-3-5-7)14-24(22,23)15-11(19)16-6-8(10(16)18)13-12(20)21/h1-5,8,13H,6H2,(H,14,17)(H,15,19)(H,20,21)/t8-/m0/s1. The molecule has 1 saturated heterocycles. The van der Waals surface area contributed by atoms with Gasteiger partial charge in [0.1, 0.15) is 6.04 Å². The fourth-order valence-corrected chi connectivity index (χ4v) is 2.58. The fraction of sp³-hybridized carbons (Fsp3) is 0.167. The van der Waals surface area contributed by atoms with E-state index in [1.807, 2.05) is 5.32 Å². The summed E-state index contributed by atoms with van der Waals surface area (Å²) in [6.07, 6.45) is -1.45. The smallest absolute Gasteiger partial charge is 0.405 e. The number of nitrogens with zero attached hydrogens (tertiary/aromatic N) is 1. The van der Waals surface area contributed by atoms with Crippen molar-refractivity contribution in [2.24, 2.45) is 0 Å². The molecule has 0 aromatic heterocycles. The van der Waals surface area contributed by atoms with E-state index < -0.39 is 40.2 Å². The highest BCUT2D eigenvalue weighted by molar-refractivity contribution is 7.88. The van der Waals surface area contributed by atoms with Gasteiger partial charge < -0.3 is 10.4 Å². The molecular formula is C12H12N4O7S. The molecule has 0 bridgehead atoms. The number of rotatable bonds is 4. The van der Waals surface area contributed by atoms with Gasteiger partial charge in [-0.2, -0.15) is 8.42 Å². The topological polar surface area (TPSA) is 162 Å². The molecule has 11 nitrogen and oxygen atoms in total. The number of benzene rings is 1. The Morgan fingerprint density at radius 1 is 1.12 bits per heavy atom. The highest BCUT2D eigenvalue weighted by atomic mass is 32.2. The molecule has 1 aliphatic heterocycles. The van der Waals surface area contributed by atoms with Crippen molar-refractivity contribution in [3.8, 4) is 0 Å². The first-order valence-electron chi connectivity index (χ1n) is 6.44. The average Bonchev–Trinajstić information content (AvgIpc) is 2.50. The van der Waals surface area contributed by atoms with Crippen LogP contribution in [0.3, 0.4) is 0 Å². The second kappa shape index (κ2) is 6.54. The first-order chi connectivity index (χ1) is 11.2. The van der Waals surface area contributed by atoms with E-state index in [1.54, 1.807) is 10.8 Å². The SMILES string of the molecule is O=C(O)N[C@H]1CN(C(=O)NS(=O)(=O)NC(=O)c2ccccc2)C1=O. The number of nitrogens with one attached hydrogen (secondary N) is 3. The minimum Gasteiger partial charge on any atom is -0.465 e. The number of amides is 5. The molecular weight excluding hydrogens is 344 g/mol. The minimum atomic E-state index is -4.54. The van der Waals surface area contributed by atoms with E-state index in [0.717, 1.165) is 0 Å². The monoisotopic (exact) mass is 356 g/mol. The summed E-state index contributed by atoms with van der Waals surface area (Å²) in [6.45, 7) is -0.320. The van der Waals surface area contributed by atoms with Crippen molar-refractivity contribution < 1.29 is 32.7 Å². The third kappa shape index (κ3) is 3.98. The van der Waals surface area contributed by atoms with Crippen LogP contribution in [0.4, 0.5) is 9.59 Å². The molecule has 1 aromatic rings. The van der Waals surface area contributed by atoms with Crippen LogP contribution in [0.5, 0.6) is 0 Å². The van der Waals surface area contributed by atoms with Gasteiger partial charge in [0.15, 0.2) is 0 Å². The molecule has 1 heterocycles. The van der Waals surface area contributed by atoms with Gasteiger partial charge in [-0.25, -0.2) is 19.0 Å². The van der Waals surface area contributed by atoms with E-state index in [2.05, 4.69) is 0 Å². The van der Waals surface area contributed by atoms with Crippen LogP contribution in [0.15, 0.2) is 30.3 Å². The van der Waals surface area contributed by atoms with Crippen molar-refractivity contribution in [3.63, 3.8) is 0 Å². The number of carbonyl (C=O) groups excluding carboxylic acids is 3. The van der Waals surface area contributed by atoms with Crippen LogP contribution in [0.2, 0.25) is 0 Å². The average molecular weight is 356 g/mol. The summed E-state index contributed by atoms with van der Waals surface area (Å²) in [5, 5.41) is 10.3. The zero-order valence-electron chi connectivity index (χ0n) is 11.9. The number of urea groups is 1. The van der Waals surface area contributed by atoms with Gasteiger partial charge in [-0.15, -0.1) is 0 Å². The van der Waals surface area contributed by atoms with Crippen LogP contribution in [0, 0.1) is 0 Å². The summed E-state index contributed by atoms with van der Waals surface area (Å²) in [4.78, 5) is 45.8. The Hall–Kier alpha value is -3.15. The molecule has 4 N–H and O–H groups in total. The Bertz CT molecular complexity index is 793. The molecule has 1 atom stereocenters. The number of hydrogen-bond donors (Lipinski definition) is 4. The van der Waals surface area contributed by atoms with Gasteiger partial charge in [0.2, 0.25) is 0 Å². The van der Waals surface area contributed by atoms with Crippen LogP contribution in [0.1, 0.15) is 10.4 Å². The Balaban J connectivity index is 1.93. The van der Waals surface area contributed by atoms with Crippen LogP contribution in [0.25, 0.3) is 0 Å². The van der Waals surface area contributed by atoms with Crippen molar-refractivity contribution in [3.05, 3.63) is 35.9 Å². The molecule has 0 radical (unpaired) electrons. The third-order valence-corrected chi connectivity index (χ3v) is 3.85. The van der Waals surface area contributed by atoms with E-state index in [1.165, 1.54) is 29.0 Å². The highest BCUT2D eigenvalue weighted by Crippen LogP contribution is 2.10. The van der Waals surface area contributed by atoms with E-state index >= 15 is 0 Å². The first-order valence-corrected chi connectivity index (χ1v) is 7.92. The lowest BCUT2D eigenvalue weighted by molar-refractivity contribution is -0.138. The van der Waals surface area contributed by atoms with Crippen LogP contribution < -0.4 is 14.8 Å². The number of carboxylic acid groups (broad SMARTS) is 1. The maximum absolute atomic E-state index is 11.7. The maximum Gasteiger partial charge on any atom is 0.405 e. The van der Waals surface area contributed by atoms with E-state index in [0.29, 0.717) is 4.90 Å². The molecule has 1 fully saturated rings. The molecule has 1 aromatic carbocycles. The molecule has 2 rings (SSSR count). The predicted molar refractivity (Wildman–Crippen MR) is 78.0 cm³/mol. The van der Waals surface area contributed by atoms with Gasteiger partial charge in [0, 0.05) is 5.56 Å². The number of β-lactam (4-membered cyclic amide) rings is 1. The molecule has 128 valence electrons. The van der Waals surface area contributed by atoms with Crippen molar-refractivity contribution in [2.45, 2.75) is 6.04 Å². The Morgan fingerprint density at radius 3 is 2.29 bits per heavy atom. The van der Waals surface area contributed by atoms with E-state index in [9.17, 15) is 27.6 Å². The first kappa shape index (κ1) is 17.2. The number of likely N-dealkylation sites (tertiary alicyclic amines) is 1. The molecule has 5 amide bonds. The van der Waals surface area contributed by atoms with Gasteiger partial charge in [0.25, 0.3) is 11.8 Å². The van der Waals surface area contributed by atoms with Crippen LogP contribution in [-0.2, 0) is 15.0 Å². The number of carbonyl (C=O) groups is 4. The fourth-order valence-electron chi connectivity index (χ4n) is 1.83. The number of hydrogen-bond acceptors (Lipinski definition) is 6. The molecule has 0 aliphatic carbocycles. The van der Waals surface area contributed by atoms with Gasteiger partial charge in [-0.1, -0.05) is 18.2 Å². The van der Waals surface area contributed by atoms with Crippen molar-refractivity contribution >= 4 is 34.1 Å². The quantitative estimate of drug-likeness (QED) is 0.495. The van der Waals surface area contributed by atoms with E-state index in [-0.39, 0.29) is 12.1 Å². The van der Waals surface area contributed by atoms with Gasteiger partial charge >= 0.3 is 22.3 Å². The normalized spacial score (nSPS) is 16.8. The second-order valence-electron chi connectivity index (χ2n) is 4.66. The van der Waals surface area contributed by atoms with Gasteiger partial charge in [-0.3, -0.25) is 14.5 Å². The third-order valence-electron chi connectivity index (χ3n) is 2.96. The summed E-state index contributed by atoms with van der Waals surface area (Å²) in [5.74, 6) is -1.87. The molecule has 1 aliphatic rings. The molecule has 12 heteroatoms. The summed E-state index contributed by atoms with van der Waals surface area (Å²) >= 11 is 0. The molecule has 0 spiro atoms. The molecule has 24 heavy (non-hydrogen) atoms. The Labute approximate surface area is 135 Å². The van der Waals surface area contributed by atoms with Crippen molar-refractivity contribution in [1.29, 1.82) is 0 Å². The lowest BCUT2D eigenvalue weighted by Gasteiger charge is -2.35. The van der Waals surface area contributed by atoms with Gasteiger partial charge in [0.05, 0.1) is 6.54 Å². The lowest BCUT2D eigenvalue weighted by atomic mass is 10.1. The van der Waals surface area contributed by atoms with E-state index in [4.69, 9.17) is 5.11 Å². The second-order valence-corrected chi connectivity index (χ2v) is 6.07. The largest absolute Gasteiger partial charge is 0.465 e. The summed E-state index contributed by atoms with van der Waals surface area (Å²) < 4.78 is 26.6. The number of imide groups is 1. The molecule has 0 saturated carbocycles. The predicted octanol–water partition coefficient (Wildman–Crippen LogP) is -1.15. The van der Waals surface area contributed by atoms with Crippen LogP contribution >= 0.6 is 0 Å². The van der Waals surface area contributed by atoms with Crippen molar-refractivity contribution in [2.75, 3.05) is 6.54 Å². The summed E-state index contributed by atoms with van der Waals surface area (Å²) in [5.41, 5.74) is 0.0565. The lowest BCUT2D eigenvalue weighted by Crippen LogP contribution is -2.67. The van der Waals surface area contributed by atoms with Crippen LogP contribution in [-0.4, -0.2) is 54.9 Å². The summed E-state index contributed by atoms with van der Waals surface area (Å²) in [6, 6.07) is 5.00. The maximum atomic E-state index is 11.7. The molecule has 0 unspecified atom stereocenters. The summed E-state index contributed by atoms with van der Waals surface area (Å²) in [7, 11) is -4.54. The zero-order chi connectivity index (χ0) is 17.9. The minimum absolute atomic E-state index is 0.0565. The zero-order valence-corrected chi connectivity index (χ0v) is 12.7. The Kier molecular flexibility index (Phi) is 4.69. The highest BCUT2D eigenvalue weighted by Gasteiger charge is 2.43.